The summed E-state index contributed by atoms with van der Waals surface area (Å²) < 4.78 is 5.29. The number of benzene rings is 2. The van der Waals surface area contributed by atoms with E-state index in [1.165, 1.54) is 5.56 Å². The Kier molecular flexibility index (Phi) is 5.12. The second-order valence-electron chi connectivity index (χ2n) is 6.94. The lowest BCUT2D eigenvalue weighted by atomic mass is 9.70. The van der Waals surface area contributed by atoms with E-state index in [2.05, 4.69) is 12.1 Å². The molecule has 124 valence electrons. The van der Waals surface area contributed by atoms with Crippen LogP contribution in [-0.4, -0.2) is 17.8 Å². The molecule has 0 radical (unpaired) electrons. The fourth-order valence-corrected chi connectivity index (χ4v) is 3.18. The number of ether oxygens (including phenoxy) is 1. The molecule has 0 aromatic heterocycles. The standard InChI is InChI=1S/C20H27NO2/c1-19(2,21)18(13-15-9-6-5-7-10-15)20(3,22)16-11-8-12-17(14-16)23-4/h5-12,14,18,22H,13,21H2,1-4H3/t18-,20+/m0/s1. The van der Waals surface area contributed by atoms with E-state index in [1.54, 1.807) is 7.11 Å². The van der Waals surface area contributed by atoms with Gasteiger partial charge in [0, 0.05) is 11.5 Å². The lowest BCUT2D eigenvalue weighted by molar-refractivity contribution is -0.0337. The summed E-state index contributed by atoms with van der Waals surface area (Å²) in [4.78, 5) is 0. The van der Waals surface area contributed by atoms with Crippen LogP contribution in [0.3, 0.4) is 0 Å². The van der Waals surface area contributed by atoms with Crippen molar-refractivity contribution in [1.82, 2.24) is 0 Å². The van der Waals surface area contributed by atoms with E-state index in [1.807, 2.05) is 63.2 Å². The van der Waals surface area contributed by atoms with Gasteiger partial charge < -0.3 is 15.6 Å². The van der Waals surface area contributed by atoms with Crippen molar-refractivity contribution in [2.24, 2.45) is 11.7 Å². The molecule has 2 aromatic rings. The van der Waals surface area contributed by atoms with Gasteiger partial charge in [-0.05, 0) is 50.5 Å². The predicted octanol–water partition coefficient (Wildman–Crippen LogP) is 3.50. The molecule has 0 unspecified atom stereocenters. The Morgan fingerprint density at radius 2 is 1.70 bits per heavy atom. The molecule has 0 aliphatic heterocycles. The minimum absolute atomic E-state index is 0.149. The summed E-state index contributed by atoms with van der Waals surface area (Å²) in [5.41, 5.74) is 6.81. The molecule has 3 nitrogen and oxygen atoms in total. The van der Waals surface area contributed by atoms with Gasteiger partial charge >= 0.3 is 0 Å². The van der Waals surface area contributed by atoms with Crippen molar-refractivity contribution in [2.75, 3.05) is 7.11 Å². The van der Waals surface area contributed by atoms with E-state index >= 15 is 0 Å². The Bertz CT molecular complexity index is 630. The molecule has 2 aromatic carbocycles. The van der Waals surface area contributed by atoms with Gasteiger partial charge in [0.1, 0.15) is 5.75 Å². The van der Waals surface area contributed by atoms with Gasteiger partial charge in [-0.2, -0.15) is 0 Å². The first-order valence-electron chi connectivity index (χ1n) is 7.95. The molecule has 0 saturated carbocycles. The van der Waals surface area contributed by atoms with Gasteiger partial charge in [0.05, 0.1) is 12.7 Å². The van der Waals surface area contributed by atoms with Crippen molar-refractivity contribution in [3.63, 3.8) is 0 Å². The Hall–Kier alpha value is -1.84. The molecule has 3 N–H and O–H groups in total. The fraction of sp³-hybridized carbons (Fsp3) is 0.400. The van der Waals surface area contributed by atoms with Crippen molar-refractivity contribution >= 4 is 0 Å². The van der Waals surface area contributed by atoms with Crippen LogP contribution in [-0.2, 0) is 12.0 Å². The predicted molar refractivity (Wildman–Crippen MR) is 94.5 cm³/mol. The Morgan fingerprint density at radius 1 is 1.04 bits per heavy atom. The molecule has 0 aliphatic rings. The van der Waals surface area contributed by atoms with Gasteiger partial charge in [-0.1, -0.05) is 42.5 Å². The summed E-state index contributed by atoms with van der Waals surface area (Å²) in [7, 11) is 1.63. The van der Waals surface area contributed by atoms with Crippen LogP contribution in [0, 0.1) is 5.92 Å². The van der Waals surface area contributed by atoms with Crippen LogP contribution >= 0.6 is 0 Å². The molecule has 2 atom stereocenters. The lowest BCUT2D eigenvalue weighted by Crippen LogP contribution is -2.52. The molecule has 0 amide bonds. The first kappa shape index (κ1) is 17.5. The number of hydrogen-bond acceptors (Lipinski definition) is 3. The van der Waals surface area contributed by atoms with Crippen LogP contribution in [0.25, 0.3) is 0 Å². The molecule has 0 bridgehead atoms. The molecule has 0 aliphatic carbocycles. The highest BCUT2D eigenvalue weighted by atomic mass is 16.5. The molecule has 0 heterocycles. The normalized spacial score (nSPS) is 15.7. The van der Waals surface area contributed by atoms with Crippen LogP contribution in [0.2, 0.25) is 0 Å². The van der Waals surface area contributed by atoms with E-state index < -0.39 is 11.1 Å². The molecular weight excluding hydrogens is 286 g/mol. The van der Waals surface area contributed by atoms with Crippen LogP contribution in [0.4, 0.5) is 0 Å². The lowest BCUT2D eigenvalue weighted by Gasteiger charge is -2.42. The second kappa shape index (κ2) is 6.73. The van der Waals surface area contributed by atoms with E-state index in [9.17, 15) is 5.11 Å². The van der Waals surface area contributed by atoms with Crippen molar-refractivity contribution in [3.05, 3.63) is 65.7 Å². The average molecular weight is 313 g/mol. The zero-order valence-corrected chi connectivity index (χ0v) is 14.4. The molecule has 0 spiro atoms. The number of rotatable bonds is 6. The smallest absolute Gasteiger partial charge is 0.119 e. The monoisotopic (exact) mass is 313 g/mol. The molecule has 0 fully saturated rings. The van der Waals surface area contributed by atoms with Crippen LogP contribution in [0.5, 0.6) is 5.75 Å². The van der Waals surface area contributed by atoms with Crippen LogP contribution in [0.15, 0.2) is 54.6 Å². The van der Waals surface area contributed by atoms with E-state index in [4.69, 9.17) is 10.5 Å². The van der Waals surface area contributed by atoms with Crippen molar-refractivity contribution in [1.29, 1.82) is 0 Å². The zero-order chi connectivity index (χ0) is 17.1. The molecule has 3 heteroatoms. The van der Waals surface area contributed by atoms with Crippen LogP contribution < -0.4 is 10.5 Å². The minimum atomic E-state index is -1.07. The van der Waals surface area contributed by atoms with Crippen molar-refractivity contribution < 1.29 is 9.84 Å². The Morgan fingerprint density at radius 3 is 2.26 bits per heavy atom. The molecular formula is C20H27NO2. The molecule has 0 saturated heterocycles. The van der Waals surface area contributed by atoms with Gasteiger partial charge in [0.25, 0.3) is 0 Å². The van der Waals surface area contributed by atoms with Crippen LogP contribution in [0.1, 0.15) is 31.9 Å². The highest BCUT2D eigenvalue weighted by Crippen LogP contribution is 2.38. The Labute approximate surface area is 139 Å². The van der Waals surface area contributed by atoms with Gasteiger partial charge in [-0.25, -0.2) is 0 Å². The summed E-state index contributed by atoms with van der Waals surface area (Å²) in [5.74, 6) is 0.584. The minimum Gasteiger partial charge on any atom is -0.497 e. The summed E-state index contributed by atoms with van der Waals surface area (Å²) in [6, 6.07) is 17.7. The summed E-state index contributed by atoms with van der Waals surface area (Å²) in [6.45, 7) is 5.77. The first-order valence-corrected chi connectivity index (χ1v) is 7.95. The number of nitrogens with two attached hydrogens (primary N) is 1. The summed E-state index contributed by atoms with van der Waals surface area (Å²) in [5, 5.41) is 11.3. The molecule has 2 rings (SSSR count). The highest BCUT2D eigenvalue weighted by Gasteiger charge is 2.41. The summed E-state index contributed by atoms with van der Waals surface area (Å²) >= 11 is 0. The third kappa shape index (κ3) is 4.12. The number of aliphatic hydroxyl groups is 1. The van der Waals surface area contributed by atoms with Crippen molar-refractivity contribution in [3.8, 4) is 5.75 Å². The first-order chi connectivity index (χ1) is 10.7. The largest absolute Gasteiger partial charge is 0.497 e. The van der Waals surface area contributed by atoms with E-state index in [-0.39, 0.29) is 5.92 Å². The van der Waals surface area contributed by atoms with Crippen molar-refractivity contribution in [2.45, 2.75) is 38.3 Å². The second-order valence-corrected chi connectivity index (χ2v) is 6.94. The molecule has 23 heavy (non-hydrogen) atoms. The summed E-state index contributed by atoms with van der Waals surface area (Å²) in [6.07, 6.45) is 0.703. The van der Waals surface area contributed by atoms with Gasteiger partial charge in [-0.3, -0.25) is 0 Å². The average Bonchev–Trinajstić information content (AvgIpc) is 2.52. The van der Waals surface area contributed by atoms with Gasteiger partial charge in [0.2, 0.25) is 0 Å². The highest BCUT2D eigenvalue weighted by molar-refractivity contribution is 5.33. The Balaban J connectivity index is 2.40. The maximum atomic E-state index is 11.3. The van der Waals surface area contributed by atoms with Gasteiger partial charge in [-0.15, -0.1) is 0 Å². The quantitative estimate of drug-likeness (QED) is 0.858. The third-order valence-electron chi connectivity index (χ3n) is 4.51. The number of methoxy groups -OCH3 is 1. The number of hydrogen-bond donors (Lipinski definition) is 2. The van der Waals surface area contributed by atoms with E-state index in [0.29, 0.717) is 6.42 Å². The third-order valence-corrected chi connectivity index (χ3v) is 4.51. The van der Waals surface area contributed by atoms with E-state index in [0.717, 1.165) is 11.3 Å². The maximum Gasteiger partial charge on any atom is 0.119 e. The van der Waals surface area contributed by atoms with Gasteiger partial charge in [0.15, 0.2) is 0 Å². The fourth-order valence-electron chi connectivity index (χ4n) is 3.18. The SMILES string of the molecule is COc1cccc([C@@](C)(O)[C@@H](Cc2ccccc2)C(C)(C)N)c1. The topological polar surface area (TPSA) is 55.5 Å². The zero-order valence-electron chi connectivity index (χ0n) is 14.4. The maximum absolute atomic E-state index is 11.3.